The van der Waals surface area contributed by atoms with Crippen LogP contribution in [0, 0.1) is 11.3 Å². The Morgan fingerprint density at radius 3 is 2.70 bits per heavy atom. The Balaban J connectivity index is 2.39. The summed E-state index contributed by atoms with van der Waals surface area (Å²) in [6.07, 6.45) is 0.688. The fourth-order valence-electron chi connectivity index (χ4n) is 1.65. The summed E-state index contributed by atoms with van der Waals surface area (Å²) in [5.74, 6) is 7.16. The molecule has 0 atom stereocenters. The molecule has 0 unspecified atom stereocenters. The van der Waals surface area contributed by atoms with Crippen molar-refractivity contribution in [2.75, 3.05) is 10.7 Å². The van der Waals surface area contributed by atoms with Crippen LogP contribution in [0.15, 0.2) is 28.7 Å². The highest BCUT2D eigenvalue weighted by Crippen LogP contribution is 2.24. The topological polar surface area (TPSA) is 99.6 Å². The van der Waals surface area contributed by atoms with Crippen molar-refractivity contribution in [3.8, 4) is 6.07 Å². The molecule has 1 aromatic heterocycles. The molecular formula is C13H13BrN6. The van der Waals surface area contributed by atoms with E-state index >= 15 is 0 Å². The molecule has 0 amide bonds. The summed E-state index contributed by atoms with van der Waals surface area (Å²) < 4.78 is 0.876. The minimum absolute atomic E-state index is 0.521. The van der Waals surface area contributed by atoms with Gasteiger partial charge in [0.2, 0.25) is 0 Å². The number of aryl methyl sites for hydroxylation is 1. The monoisotopic (exact) mass is 332 g/mol. The number of hydrazine groups is 1. The third-order valence-corrected chi connectivity index (χ3v) is 3.09. The molecule has 0 saturated heterocycles. The van der Waals surface area contributed by atoms with E-state index in [1.54, 1.807) is 12.1 Å². The van der Waals surface area contributed by atoms with Gasteiger partial charge in [0, 0.05) is 17.0 Å². The van der Waals surface area contributed by atoms with Gasteiger partial charge in [0.05, 0.1) is 11.3 Å². The number of halogens is 1. The number of hydrogen-bond acceptors (Lipinski definition) is 6. The zero-order chi connectivity index (χ0) is 14.5. The van der Waals surface area contributed by atoms with E-state index in [1.165, 1.54) is 0 Å². The third-order valence-electron chi connectivity index (χ3n) is 2.60. The summed E-state index contributed by atoms with van der Waals surface area (Å²) in [7, 11) is 0. The van der Waals surface area contributed by atoms with Crippen LogP contribution >= 0.6 is 15.9 Å². The third kappa shape index (κ3) is 3.23. The lowest BCUT2D eigenvalue weighted by Gasteiger charge is -2.10. The summed E-state index contributed by atoms with van der Waals surface area (Å²) in [5, 5.41) is 12.2. The minimum atomic E-state index is 0.521. The first-order valence-corrected chi connectivity index (χ1v) is 6.76. The largest absolute Gasteiger partial charge is 0.339 e. The van der Waals surface area contributed by atoms with Gasteiger partial charge < -0.3 is 10.7 Å². The molecule has 6 nitrogen and oxygen atoms in total. The average molecular weight is 333 g/mol. The quantitative estimate of drug-likeness (QED) is 0.588. The number of aromatic nitrogens is 2. The molecule has 0 aliphatic rings. The number of benzene rings is 1. The second kappa shape index (κ2) is 6.32. The molecule has 0 saturated carbocycles. The van der Waals surface area contributed by atoms with Gasteiger partial charge in [-0.25, -0.2) is 15.8 Å². The van der Waals surface area contributed by atoms with Crippen LogP contribution in [-0.2, 0) is 6.42 Å². The Kier molecular flexibility index (Phi) is 4.50. The van der Waals surface area contributed by atoms with Gasteiger partial charge in [0.1, 0.15) is 23.5 Å². The van der Waals surface area contributed by atoms with E-state index in [1.807, 2.05) is 19.1 Å². The maximum Gasteiger partial charge on any atom is 0.145 e. The SMILES string of the molecule is CCc1nc(NN)cc(Nc2cc(Br)ccc2C#N)n1. The molecular weight excluding hydrogens is 320 g/mol. The normalized spacial score (nSPS) is 9.90. The number of nitrogens with two attached hydrogens (primary N) is 1. The van der Waals surface area contributed by atoms with E-state index in [0.717, 1.165) is 4.47 Å². The lowest BCUT2D eigenvalue weighted by molar-refractivity contribution is 0.941. The maximum absolute atomic E-state index is 9.12. The summed E-state index contributed by atoms with van der Waals surface area (Å²) in [4.78, 5) is 8.57. The highest BCUT2D eigenvalue weighted by atomic mass is 79.9. The number of anilines is 3. The van der Waals surface area contributed by atoms with Crippen molar-refractivity contribution in [2.24, 2.45) is 5.84 Å². The molecule has 0 radical (unpaired) electrons. The van der Waals surface area contributed by atoms with Crippen LogP contribution in [0.25, 0.3) is 0 Å². The van der Waals surface area contributed by atoms with Gasteiger partial charge in [-0.05, 0) is 18.2 Å². The van der Waals surface area contributed by atoms with Gasteiger partial charge in [0.15, 0.2) is 0 Å². The molecule has 2 rings (SSSR count). The number of nitriles is 1. The van der Waals surface area contributed by atoms with Gasteiger partial charge in [0.25, 0.3) is 0 Å². The van der Waals surface area contributed by atoms with E-state index < -0.39 is 0 Å². The zero-order valence-electron chi connectivity index (χ0n) is 10.8. The van der Waals surface area contributed by atoms with Gasteiger partial charge in [-0.3, -0.25) is 0 Å². The molecule has 0 aliphatic carbocycles. The molecule has 0 fully saturated rings. The van der Waals surface area contributed by atoms with E-state index in [4.69, 9.17) is 11.1 Å². The molecule has 1 aromatic carbocycles. The summed E-state index contributed by atoms with van der Waals surface area (Å²) in [6, 6.07) is 9.18. The van der Waals surface area contributed by atoms with Crippen molar-refractivity contribution in [3.05, 3.63) is 40.1 Å². The number of nitrogens with zero attached hydrogens (tertiary/aromatic N) is 3. The van der Waals surface area contributed by atoms with Crippen molar-refractivity contribution < 1.29 is 0 Å². The van der Waals surface area contributed by atoms with Gasteiger partial charge in [-0.1, -0.05) is 22.9 Å². The van der Waals surface area contributed by atoms with E-state index in [9.17, 15) is 0 Å². The van der Waals surface area contributed by atoms with Crippen LogP contribution in [0.5, 0.6) is 0 Å². The van der Waals surface area contributed by atoms with Crippen molar-refractivity contribution in [1.29, 1.82) is 5.26 Å². The van der Waals surface area contributed by atoms with Crippen LogP contribution < -0.4 is 16.6 Å². The van der Waals surface area contributed by atoms with Crippen LogP contribution in [0.3, 0.4) is 0 Å². The van der Waals surface area contributed by atoms with Crippen molar-refractivity contribution in [1.82, 2.24) is 9.97 Å². The van der Waals surface area contributed by atoms with Crippen molar-refractivity contribution in [2.45, 2.75) is 13.3 Å². The summed E-state index contributed by atoms with van der Waals surface area (Å²) >= 11 is 3.38. The van der Waals surface area contributed by atoms with Gasteiger partial charge in [-0.15, -0.1) is 0 Å². The Morgan fingerprint density at radius 2 is 2.05 bits per heavy atom. The molecule has 1 heterocycles. The number of nitrogens with one attached hydrogen (secondary N) is 2. The fourth-order valence-corrected chi connectivity index (χ4v) is 2.01. The van der Waals surface area contributed by atoms with Gasteiger partial charge >= 0.3 is 0 Å². The van der Waals surface area contributed by atoms with Crippen LogP contribution in [0.4, 0.5) is 17.3 Å². The number of rotatable bonds is 4. The van der Waals surface area contributed by atoms with Crippen LogP contribution in [0.1, 0.15) is 18.3 Å². The Morgan fingerprint density at radius 1 is 1.30 bits per heavy atom. The first kappa shape index (κ1) is 14.2. The summed E-state index contributed by atoms with van der Waals surface area (Å²) in [5.41, 5.74) is 3.71. The Labute approximate surface area is 125 Å². The fraction of sp³-hybridized carbons (Fsp3) is 0.154. The lowest BCUT2D eigenvalue weighted by Crippen LogP contribution is -2.11. The van der Waals surface area contributed by atoms with Crippen molar-refractivity contribution in [3.63, 3.8) is 0 Å². The molecule has 7 heteroatoms. The first-order chi connectivity index (χ1) is 9.66. The van der Waals surface area contributed by atoms with Crippen LogP contribution in [0.2, 0.25) is 0 Å². The number of hydrogen-bond donors (Lipinski definition) is 3. The smallest absolute Gasteiger partial charge is 0.145 e. The van der Waals surface area contributed by atoms with Gasteiger partial charge in [-0.2, -0.15) is 5.26 Å². The molecule has 0 spiro atoms. The number of nitrogen functional groups attached to an aromatic ring is 1. The molecule has 0 bridgehead atoms. The second-order valence-corrected chi connectivity index (χ2v) is 4.89. The lowest BCUT2D eigenvalue weighted by atomic mass is 10.2. The molecule has 102 valence electrons. The van der Waals surface area contributed by atoms with E-state index in [0.29, 0.717) is 35.1 Å². The Hall–Kier alpha value is -2.17. The van der Waals surface area contributed by atoms with Crippen LogP contribution in [-0.4, -0.2) is 9.97 Å². The highest BCUT2D eigenvalue weighted by molar-refractivity contribution is 9.10. The predicted molar refractivity (Wildman–Crippen MR) is 81.4 cm³/mol. The van der Waals surface area contributed by atoms with Crippen molar-refractivity contribution >= 4 is 33.3 Å². The average Bonchev–Trinajstić information content (AvgIpc) is 2.47. The molecule has 4 N–H and O–H groups in total. The Bertz CT molecular complexity index is 642. The standard InChI is InChI=1S/C13H13BrN6/c1-2-11-18-12(6-13(19-11)20-16)17-10-5-9(14)4-3-8(10)7-15/h3-6H,2,16H2,1H3,(H2,17,18,19,20). The molecule has 20 heavy (non-hydrogen) atoms. The summed E-state index contributed by atoms with van der Waals surface area (Å²) in [6.45, 7) is 1.96. The first-order valence-electron chi connectivity index (χ1n) is 5.97. The second-order valence-electron chi connectivity index (χ2n) is 3.98. The maximum atomic E-state index is 9.12. The molecule has 0 aliphatic heterocycles. The zero-order valence-corrected chi connectivity index (χ0v) is 12.4. The molecule has 2 aromatic rings. The predicted octanol–water partition coefficient (Wildman–Crippen LogP) is 2.70. The van der Waals surface area contributed by atoms with E-state index in [-0.39, 0.29) is 0 Å². The minimum Gasteiger partial charge on any atom is -0.339 e. The highest BCUT2D eigenvalue weighted by Gasteiger charge is 2.07. The van der Waals surface area contributed by atoms with E-state index in [2.05, 4.69) is 42.7 Å².